The number of amides is 1. The zero-order chi connectivity index (χ0) is 15.2. The third kappa shape index (κ3) is 3.38. The molecule has 7 nitrogen and oxygen atoms in total. The van der Waals surface area contributed by atoms with E-state index in [2.05, 4.69) is 5.32 Å². The molecule has 7 heteroatoms. The highest BCUT2D eigenvalue weighted by molar-refractivity contribution is 6.02. The maximum Gasteiger partial charge on any atom is 0.257 e. The first-order chi connectivity index (χ1) is 9.53. The van der Waals surface area contributed by atoms with Gasteiger partial charge in [-0.25, -0.2) is 0 Å². The van der Waals surface area contributed by atoms with E-state index in [1.165, 1.54) is 6.07 Å². The predicted molar refractivity (Wildman–Crippen MR) is 73.5 cm³/mol. The summed E-state index contributed by atoms with van der Waals surface area (Å²) in [5.74, 6) is -0.337. The fraction of sp³-hybridized carbons (Fsp3) is 0.462. The van der Waals surface area contributed by atoms with Crippen LogP contribution in [0.15, 0.2) is 18.2 Å². The minimum atomic E-state index is -1.51. The van der Waals surface area contributed by atoms with Crippen molar-refractivity contribution < 1.29 is 24.9 Å². The molecule has 0 unspecified atom stereocenters. The molecule has 0 atom stereocenters. The second-order valence-corrected chi connectivity index (χ2v) is 4.36. The van der Waals surface area contributed by atoms with Gasteiger partial charge in [0, 0.05) is 5.69 Å². The zero-order valence-corrected chi connectivity index (χ0v) is 11.3. The van der Waals surface area contributed by atoms with Gasteiger partial charge in [-0.3, -0.25) is 4.79 Å². The summed E-state index contributed by atoms with van der Waals surface area (Å²) in [4.78, 5) is 12.2. The van der Waals surface area contributed by atoms with Crippen LogP contribution >= 0.6 is 0 Å². The maximum atomic E-state index is 12.2. The van der Waals surface area contributed by atoms with Gasteiger partial charge in [0.15, 0.2) is 0 Å². The van der Waals surface area contributed by atoms with Crippen molar-refractivity contribution in [3.63, 3.8) is 0 Å². The fourth-order valence-corrected chi connectivity index (χ4v) is 1.64. The molecule has 112 valence electrons. The number of carbonyl (C=O) groups is 1. The zero-order valence-electron chi connectivity index (χ0n) is 11.3. The molecule has 6 N–H and O–H groups in total. The van der Waals surface area contributed by atoms with Gasteiger partial charge in [-0.05, 0) is 19.1 Å². The van der Waals surface area contributed by atoms with Crippen LogP contribution in [-0.2, 0) is 0 Å². The summed E-state index contributed by atoms with van der Waals surface area (Å²) in [6.07, 6.45) is 0. The quantitative estimate of drug-likeness (QED) is 0.414. The Kier molecular flexibility index (Phi) is 5.75. The number of nitrogens with two attached hydrogens (primary N) is 1. The van der Waals surface area contributed by atoms with Crippen molar-refractivity contribution in [3.05, 3.63) is 23.8 Å². The number of nitrogen functional groups attached to an aromatic ring is 1. The number of rotatable bonds is 7. The van der Waals surface area contributed by atoms with Gasteiger partial charge in [-0.15, -0.1) is 0 Å². The largest absolute Gasteiger partial charge is 0.493 e. The van der Waals surface area contributed by atoms with E-state index in [1.54, 1.807) is 19.1 Å². The first-order valence-electron chi connectivity index (χ1n) is 6.20. The van der Waals surface area contributed by atoms with Crippen LogP contribution in [0.2, 0.25) is 0 Å². The minimum absolute atomic E-state index is 0.106. The summed E-state index contributed by atoms with van der Waals surface area (Å²) in [5, 5.41) is 30.0. The molecule has 0 aliphatic heterocycles. The molecule has 20 heavy (non-hydrogen) atoms. The second-order valence-electron chi connectivity index (χ2n) is 4.36. The molecule has 1 aromatic rings. The number of hydrogen-bond donors (Lipinski definition) is 5. The number of carbonyl (C=O) groups excluding carboxylic acids is 1. The number of ether oxygens (including phenoxy) is 1. The van der Waals surface area contributed by atoms with Crippen LogP contribution in [0.25, 0.3) is 0 Å². The lowest BCUT2D eigenvalue weighted by Crippen LogP contribution is -2.57. The Morgan fingerprint density at radius 2 is 1.90 bits per heavy atom. The Morgan fingerprint density at radius 3 is 2.40 bits per heavy atom. The molecule has 0 aliphatic carbocycles. The molecule has 1 amide bonds. The van der Waals surface area contributed by atoms with E-state index in [0.717, 1.165) is 0 Å². The Bertz CT molecular complexity index is 452. The van der Waals surface area contributed by atoms with Crippen LogP contribution in [0.3, 0.4) is 0 Å². The number of anilines is 1. The lowest BCUT2D eigenvalue weighted by molar-refractivity contribution is 0.0374. The van der Waals surface area contributed by atoms with E-state index in [-0.39, 0.29) is 11.3 Å². The van der Waals surface area contributed by atoms with Crippen LogP contribution in [0.1, 0.15) is 17.3 Å². The molecule has 1 rings (SSSR count). The van der Waals surface area contributed by atoms with Gasteiger partial charge >= 0.3 is 0 Å². The third-order valence-corrected chi connectivity index (χ3v) is 2.87. The van der Waals surface area contributed by atoms with Gasteiger partial charge < -0.3 is 31.1 Å². The predicted octanol–water partition coefficient (Wildman–Crippen LogP) is -0.887. The topological polar surface area (TPSA) is 125 Å². The summed E-state index contributed by atoms with van der Waals surface area (Å²) in [6, 6.07) is 4.78. The molecule has 0 radical (unpaired) electrons. The lowest BCUT2D eigenvalue weighted by Gasteiger charge is -2.29. The van der Waals surface area contributed by atoms with Crippen LogP contribution in [0.5, 0.6) is 5.75 Å². The number of hydrogen-bond acceptors (Lipinski definition) is 6. The van der Waals surface area contributed by atoms with Gasteiger partial charge in [-0.1, -0.05) is 6.07 Å². The van der Waals surface area contributed by atoms with Gasteiger partial charge in [-0.2, -0.15) is 0 Å². The molecule has 0 spiro atoms. The van der Waals surface area contributed by atoms with Gasteiger partial charge in [0.25, 0.3) is 5.91 Å². The maximum absolute atomic E-state index is 12.2. The van der Waals surface area contributed by atoms with E-state index in [9.17, 15) is 20.1 Å². The first kappa shape index (κ1) is 16.2. The van der Waals surface area contributed by atoms with Crippen LogP contribution in [0, 0.1) is 0 Å². The summed E-state index contributed by atoms with van der Waals surface area (Å²) in [5.41, 5.74) is 4.57. The summed E-state index contributed by atoms with van der Waals surface area (Å²) in [6.45, 7) is 0.298. The Balaban J connectivity index is 3.08. The summed E-state index contributed by atoms with van der Waals surface area (Å²) < 4.78 is 5.33. The van der Waals surface area contributed by atoms with E-state index >= 15 is 0 Å². The summed E-state index contributed by atoms with van der Waals surface area (Å²) in [7, 11) is 0. The number of benzene rings is 1. The van der Waals surface area contributed by atoms with Crippen molar-refractivity contribution in [1.29, 1.82) is 0 Å². The van der Waals surface area contributed by atoms with Crippen molar-refractivity contribution in [3.8, 4) is 5.75 Å². The van der Waals surface area contributed by atoms with E-state index < -0.39 is 31.3 Å². The van der Waals surface area contributed by atoms with Crippen molar-refractivity contribution in [2.45, 2.75) is 12.5 Å². The lowest BCUT2D eigenvalue weighted by atomic mass is 10.0. The van der Waals surface area contributed by atoms with E-state index in [0.29, 0.717) is 12.4 Å². The minimum Gasteiger partial charge on any atom is -0.493 e. The van der Waals surface area contributed by atoms with E-state index in [4.69, 9.17) is 10.5 Å². The Labute approximate surface area is 117 Å². The SMILES string of the molecule is CCOc1cccc(N)c1C(=O)NC(CO)(CO)CO. The normalized spacial score (nSPS) is 11.2. The van der Waals surface area contributed by atoms with Crippen molar-refractivity contribution >= 4 is 11.6 Å². The number of nitrogens with one attached hydrogen (secondary N) is 1. The third-order valence-electron chi connectivity index (χ3n) is 2.87. The molecular formula is C13H20N2O5. The molecule has 0 saturated carbocycles. The van der Waals surface area contributed by atoms with Crippen LogP contribution in [0.4, 0.5) is 5.69 Å². The van der Waals surface area contributed by atoms with Crippen molar-refractivity contribution in [2.24, 2.45) is 0 Å². The smallest absolute Gasteiger partial charge is 0.257 e. The molecule has 0 heterocycles. The monoisotopic (exact) mass is 284 g/mol. The molecular weight excluding hydrogens is 264 g/mol. The standard InChI is InChI=1S/C13H20N2O5/c1-2-20-10-5-3-4-9(14)11(10)12(19)15-13(6-16,7-17)8-18/h3-5,16-18H,2,6-8,14H2,1H3,(H,15,19). The van der Waals surface area contributed by atoms with Crippen molar-refractivity contribution in [1.82, 2.24) is 5.32 Å². The van der Waals surface area contributed by atoms with E-state index in [1.807, 2.05) is 0 Å². The highest BCUT2D eigenvalue weighted by atomic mass is 16.5. The molecule has 0 bridgehead atoms. The second kappa shape index (κ2) is 7.09. The molecule has 0 aromatic heterocycles. The Morgan fingerprint density at radius 1 is 1.30 bits per heavy atom. The highest BCUT2D eigenvalue weighted by Crippen LogP contribution is 2.25. The number of aliphatic hydroxyl groups excluding tert-OH is 3. The number of aliphatic hydroxyl groups is 3. The highest BCUT2D eigenvalue weighted by Gasteiger charge is 2.31. The molecule has 0 aliphatic rings. The fourth-order valence-electron chi connectivity index (χ4n) is 1.64. The van der Waals surface area contributed by atoms with Gasteiger partial charge in [0.1, 0.15) is 16.9 Å². The Hall–Kier alpha value is -1.83. The van der Waals surface area contributed by atoms with Crippen LogP contribution < -0.4 is 15.8 Å². The van der Waals surface area contributed by atoms with Crippen molar-refractivity contribution in [2.75, 3.05) is 32.2 Å². The molecule has 1 aromatic carbocycles. The van der Waals surface area contributed by atoms with Gasteiger partial charge in [0.2, 0.25) is 0 Å². The first-order valence-corrected chi connectivity index (χ1v) is 6.20. The average Bonchev–Trinajstić information content (AvgIpc) is 2.45. The molecule has 0 fully saturated rings. The van der Waals surface area contributed by atoms with Crippen LogP contribution in [-0.4, -0.2) is 53.2 Å². The summed E-state index contributed by atoms with van der Waals surface area (Å²) >= 11 is 0. The molecule has 0 saturated heterocycles. The van der Waals surface area contributed by atoms with Gasteiger partial charge in [0.05, 0.1) is 26.4 Å². The average molecular weight is 284 g/mol.